The standard InChI is InChI=1S/C18H28N2O/c1-2-5-16-13-20(12-15-6-8-17(21)9-7-15)18(14-19-16)10-3-4-11-18/h6-9,16,19,21H,2-5,10-14H2,1H3. The summed E-state index contributed by atoms with van der Waals surface area (Å²) < 4.78 is 0. The zero-order valence-electron chi connectivity index (χ0n) is 13.1. The van der Waals surface area contributed by atoms with Crippen LogP contribution in [0.4, 0.5) is 0 Å². The monoisotopic (exact) mass is 288 g/mol. The van der Waals surface area contributed by atoms with Crippen molar-refractivity contribution in [1.82, 2.24) is 10.2 Å². The SMILES string of the molecule is CCCC1CN(Cc2ccc(O)cc2)C2(CCCC2)CN1. The van der Waals surface area contributed by atoms with Crippen LogP contribution in [-0.2, 0) is 6.54 Å². The van der Waals surface area contributed by atoms with Gasteiger partial charge in [0.2, 0.25) is 0 Å². The van der Waals surface area contributed by atoms with Gasteiger partial charge in [0.05, 0.1) is 0 Å². The molecule has 1 spiro atoms. The highest BCUT2D eigenvalue weighted by Gasteiger charge is 2.43. The first-order valence-corrected chi connectivity index (χ1v) is 8.48. The van der Waals surface area contributed by atoms with Gasteiger partial charge in [-0.15, -0.1) is 0 Å². The Labute approximate surface area is 128 Å². The van der Waals surface area contributed by atoms with E-state index in [1.807, 2.05) is 12.1 Å². The molecular formula is C18H28N2O. The largest absolute Gasteiger partial charge is 0.508 e. The fourth-order valence-corrected chi connectivity index (χ4v) is 4.09. The van der Waals surface area contributed by atoms with Crippen molar-refractivity contribution in [2.45, 2.75) is 63.6 Å². The first kappa shape index (κ1) is 14.9. The van der Waals surface area contributed by atoms with Crippen LogP contribution in [0.1, 0.15) is 51.0 Å². The topological polar surface area (TPSA) is 35.5 Å². The molecule has 0 bridgehead atoms. The van der Waals surface area contributed by atoms with Crippen LogP contribution in [0.5, 0.6) is 5.75 Å². The van der Waals surface area contributed by atoms with Crippen LogP contribution in [0, 0.1) is 0 Å². The van der Waals surface area contributed by atoms with E-state index in [2.05, 4.69) is 29.3 Å². The Morgan fingerprint density at radius 2 is 1.95 bits per heavy atom. The van der Waals surface area contributed by atoms with Gasteiger partial charge in [-0.3, -0.25) is 4.90 Å². The van der Waals surface area contributed by atoms with Crippen molar-refractivity contribution in [3.05, 3.63) is 29.8 Å². The Morgan fingerprint density at radius 1 is 1.24 bits per heavy atom. The molecule has 3 rings (SSSR count). The number of nitrogens with one attached hydrogen (secondary N) is 1. The highest BCUT2D eigenvalue weighted by molar-refractivity contribution is 5.26. The Bertz CT molecular complexity index is 451. The number of aromatic hydroxyl groups is 1. The highest BCUT2D eigenvalue weighted by Crippen LogP contribution is 2.38. The number of piperazine rings is 1. The Kier molecular flexibility index (Phi) is 4.51. The average molecular weight is 288 g/mol. The molecule has 0 aromatic heterocycles. The van der Waals surface area contributed by atoms with E-state index in [1.54, 1.807) is 0 Å². The predicted octanol–water partition coefficient (Wildman–Crippen LogP) is 3.28. The van der Waals surface area contributed by atoms with Crippen molar-refractivity contribution in [3.63, 3.8) is 0 Å². The van der Waals surface area contributed by atoms with Crippen LogP contribution in [-0.4, -0.2) is 34.7 Å². The number of phenolic OH excluding ortho intramolecular Hbond substituents is 1. The molecule has 2 fully saturated rings. The third-order valence-corrected chi connectivity index (χ3v) is 5.31. The predicted molar refractivity (Wildman–Crippen MR) is 86.4 cm³/mol. The molecule has 3 nitrogen and oxygen atoms in total. The molecule has 21 heavy (non-hydrogen) atoms. The molecule has 1 heterocycles. The normalized spacial score (nSPS) is 25.5. The van der Waals surface area contributed by atoms with Gasteiger partial charge in [0.1, 0.15) is 5.75 Å². The van der Waals surface area contributed by atoms with Gasteiger partial charge in [-0.25, -0.2) is 0 Å². The summed E-state index contributed by atoms with van der Waals surface area (Å²) in [5.74, 6) is 0.360. The summed E-state index contributed by atoms with van der Waals surface area (Å²) >= 11 is 0. The van der Waals surface area contributed by atoms with E-state index in [9.17, 15) is 5.11 Å². The van der Waals surface area contributed by atoms with Gasteiger partial charge in [0.25, 0.3) is 0 Å². The maximum atomic E-state index is 9.46. The Morgan fingerprint density at radius 3 is 2.62 bits per heavy atom. The van der Waals surface area contributed by atoms with Gasteiger partial charge in [-0.2, -0.15) is 0 Å². The fraction of sp³-hybridized carbons (Fsp3) is 0.667. The van der Waals surface area contributed by atoms with Gasteiger partial charge in [-0.1, -0.05) is 38.3 Å². The number of phenols is 1. The molecule has 3 heteroatoms. The van der Waals surface area contributed by atoms with Gasteiger partial charge >= 0.3 is 0 Å². The van der Waals surface area contributed by atoms with Gasteiger partial charge in [-0.05, 0) is 37.0 Å². The smallest absolute Gasteiger partial charge is 0.115 e. The second-order valence-electron chi connectivity index (χ2n) is 6.84. The van der Waals surface area contributed by atoms with E-state index in [-0.39, 0.29) is 0 Å². The minimum Gasteiger partial charge on any atom is -0.508 e. The van der Waals surface area contributed by atoms with Gasteiger partial charge < -0.3 is 10.4 Å². The van der Waals surface area contributed by atoms with E-state index in [0.717, 1.165) is 19.6 Å². The van der Waals surface area contributed by atoms with Crippen molar-refractivity contribution in [1.29, 1.82) is 0 Å². The van der Waals surface area contributed by atoms with Crippen LogP contribution in [0.25, 0.3) is 0 Å². The lowest BCUT2D eigenvalue weighted by Gasteiger charge is -2.48. The molecule has 1 aliphatic carbocycles. The Hall–Kier alpha value is -1.06. The molecule has 1 atom stereocenters. The minimum atomic E-state index is 0.360. The number of hydrogen-bond donors (Lipinski definition) is 2. The second kappa shape index (κ2) is 6.37. The molecular weight excluding hydrogens is 260 g/mol. The van der Waals surface area contributed by atoms with Crippen molar-refractivity contribution in [3.8, 4) is 5.75 Å². The third kappa shape index (κ3) is 3.24. The molecule has 1 aromatic carbocycles. The summed E-state index contributed by atoms with van der Waals surface area (Å²) in [6, 6.07) is 8.38. The zero-order chi connectivity index (χ0) is 14.7. The van der Waals surface area contributed by atoms with E-state index >= 15 is 0 Å². The van der Waals surface area contributed by atoms with Crippen LogP contribution >= 0.6 is 0 Å². The van der Waals surface area contributed by atoms with Crippen LogP contribution < -0.4 is 5.32 Å². The van der Waals surface area contributed by atoms with E-state index < -0.39 is 0 Å². The highest BCUT2D eigenvalue weighted by atomic mass is 16.3. The first-order chi connectivity index (χ1) is 10.2. The number of nitrogens with zero attached hydrogens (tertiary/aromatic N) is 1. The van der Waals surface area contributed by atoms with Crippen LogP contribution in [0.3, 0.4) is 0 Å². The average Bonchev–Trinajstić information content (AvgIpc) is 2.95. The lowest BCUT2D eigenvalue weighted by Crippen LogP contribution is -2.63. The van der Waals surface area contributed by atoms with Crippen LogP contribution in [0.15, 0.2) is 24.3 Å². The summed E-state index contributed by atoms with van der Waals surface area (Å²) in [4.78, 5) is 2.73. The summed E-state index contributed by atoms with van der Waals surface area (Å²) in [7, 11) is 0. The number of benzene rings is 1. The van der Waals surface area contributed by atoms with Gasteiger partial charge in [0.15, 0.2) is 0 Å². The lowest BCUT2D eigenvalue weighted by molar-refractivity contribution is 0.0338. The van der Waals surface area contributed by atoms with Crippen molar-refractivity contribution >= 4 is 0 Å². The fourth-order valence-electron chi connectivity index (χ4n) is 4.09. The van der Waals surface area contributed by atoms with Crippen molar-refractivity contribution < 1.29 is 5.11 Å². The molecule has 1 saturated heterocycles. The van der Waals surface area contributed by atoms with Crippen molar-refractivity contribution in [2.75, 3.05) is 13.1 Å². The molecule has 1 saturated carbocycles. The Balaban J connectivity index is 1.74. The third-order valence-electron chi connectivity index (χ3n) is 5.31. The molecule has 2 N–H and O–H groups in total. The number of rotatable bonds is 4. The summed E-state index contributed by atoms with van der Waals surface area (Å²) in [6.45, 7) is 5.60. The summed E-state index contributed by atoms with van der Waals surface area (Å²) in [5.41, 5.74) is 1.69. The molecule has 1 aromatic rings. The van der Waals surface area contributed by atoms with E-state index in [0.29, 0.717) is 17.3 Å². The molecule has 0 radical (unpaired) electrons. The molecule has 1 unspecified atom stereocenters. The molecule has 1 aliphatic heterocycles. The van der Waals surface area contributed by atoms with E-state index in [4.69, 9.17) is 0 Å². The van der Waals surface area contributed by atoms with E-state index in [1.165, 1.54) is 44.1 Å². The number of hydrogen-bond acceptors (Lipinski definition) is 3. The zero-order valence-corrected chi connectivity index (χ0v) is 13.1. The minimum absolute atomic E-state index is 0.360. The molecule has 116 valence electrons. The van der Waals surface area contributed by atoms with Crippen LogP contribution in [0.2, 0.25) is 0 Å². The summed E-state index contributed by atoms with van der Waals surface area (Å²) in [6.07, 6.45) is 7.91. The first-order valence-electron chi connectivity index (χ1n) is 8.48. The lowest BCUT2D eigenvalue weighted by atomic mass is 9.89. The van der Waals surface area contributed by atoms with Crippen molar-refractivity contribution in [2.24, 2.45) is 0 Å². The maximum Gasteiger partial charge on any atom is 0.115 e. The van der Waals surface area contributed by atoms with Gasteiger partial charge in [0, 0.05) is 31.2 Å². The summed E-state index contributed by atoms with van der Waals surface area (Å²) in [5, 5.41) is 13.3. The quantitative estimate of drug-likeness (QED) is 0.892. The maximum absolute atomic E-state index is 9.46. The second-order valence-corrected chi connectivity index (χ2v) is 6.84. The molecule has 2 aliphatic rings. The molecule has 0 amide bonds.